The smallest absolute Gasteiger partial charge is 0.245 e. The highest BCUT2D eigenvalue weighted by Crippen LogP contribution is 2.19. The summed E-state index contributed by atoms with van der Waals surface area (Å²) in [6.45, 7) is 2.01. The monoisotopic (exact) mass is 204 g/mol. The number of amides is 2. The Balaban J connectivity index is 2.28. The van der Waals surface area contributed by atoms with Gasteiger partial charge >= 0.3 is 0 Å². The molecule has 1 aliphatic rings. The molecule has 15 heavy (non-hydrogen) atoms. The lowest BCUT2D eigenvalue weighted by Crippen LogP contribution is -2.63. The van der Waals surface area contributed by atoms with Crippen LogP contribution in [0.15, 0.2) is 30.3 Å². The second-order valence-electron chi connectivity index (χ2n) is 3.49. The molecule has 4 heteroatoms. The molecule has 1 saturated heterocycles. The van der Waals surface area contributed by atoms with Crippen LogP contribution in [0, 0.1) is 0 Å². The molecular weight excluding hydrogens is 192 g/mol. The van der Waals surface area contributed by atoms with E-state index in [4.69, 9.17) is 0 Å². The maximum atomic E-state index is 11.5. The summed E-state index contributed by atoms with van der Waals surface area (Å²) < 4.78 is 0. The first-order valence-electron chi connectivity index (χ1n) is 4.82. The van der Waals surface area contributed by atoms with Gasteiger partial charge in [0.15, 0.2) is 0 Å². The second kappa shape index (κ2) is 3.73. The van der Waals surface area contributed by atoms with Crippen molar-refractivity contribution in [2.75, 3.05) is 11.4 Å². The van der Waals surface area contributed by atoms with E-state index in [2.05, 4.69) is 5.32 Å². The van der Waals surface area contributed by atoms with Gasteiger partial charge < -0.3 is 5.32 Å². The van der Waals surface area contributed by atoms with Gasteiger partial charge in [-0.1, -0.05) is 18.2 Å². The molecule has 0 aromatic heterocycles. The molecule has 1 unspecified atom stereocenters. The fraction of sp³-hybridized carbons (Fsp3) is 0.273. The Bertz CT molecular complexity index is 389. The van der Waals surface area contributed by atoms with Crippen LogP contribution in [0.3, 0.4) is 0 Å². The van der Waals surface area contributed by atoms with Crippen LogP contribution < -0.4 is 10.2 Å². The summed E-state index contributed by atoms with van der Waals surface area (Å²) in [5.74, 6) is -0.199. The average molecular weight is 204 g/mol. The van der Waals surface area contributed by atoms with Gasteiger partial charge in [0.25, 0.3) is 0 Å². The molecule has 1 aromatic carbocycles. The third kappa shape index (κ3) is 1.70. The third-order valence-electron chi connectivity index (χ3n) is 2.46. The number of nitrogens with one attached hydrogen (secondary N) is 1. The Morgan fingerprint density at radius 3 is 2.47 bits per heavy atom. The normalized spacial score (nSPS) is 19.0. The van der Waals surface area contributed by atoms with Crippen LogP contribution in [0.2, 0.25) is 0 Å². The van der Waals surface area contributed by atoms with E-state index in [1.807, 2.05) is 30.3 Å². The number of anilines is 1. The fourth-order valence-electron chi connectivity index (χ4n) is 1.66. The topological polar surface area (TPSA) is 49.4 Å². The van der Waals surface area contributed by atoms with E-state index in [0.717, 1.165) is 5.69 Å². The van der Waals surface area contributed by atoms with Crippen molar-refractivity contribution in [3.8, 4) is 0 Å². The zero-order valence-corrected chi connectivity index (χ0v) is 8.43. The number of hydrogen-bond acceptors (Lipinski definition) is 2. The summed E-state index contributed by atoms with van der Waals surface area (Å²) in [5.41, 5.74) is 0.768. The largest absolute Gasteiger partial charge is 0.352 e. The van der Waals surface area contributed by atoms with E-state index in [-0.39, 0.29) is 17.9 Å². The summed E-state index contributed by atoms with van der Waals surface area (Å²) in [7, 11) is 0. The van der Waals surface area contributed by atoms with Gasteiger partial charge in [0.05, 0.1) is 0 Å². The highest BCUT2D eigenvalue weighted by Gasteiger charge is 2.35. The van der Waals surface area contributed by atoms with Crippen LogP contribution in [0.1, 0.15) is 6.92 Å². The summed E-state index contributed by atoms with van der Waals surface area (Å²) in [4.78, 5) is 24.2. The molecule has 1 aliphatic heterocycles. The molecule has 1 aromatic rings. The fourth-order valence-corrected chi connectivity index (χ4v) is 1.66. The van der Waals surface area contributed by atoms with Crippen molar-refractivity contribution in [1.82, 2.24) is 5.32 Å². The number of nitrogens with zero attached hydrogens (tertiary/aromatic N) is 1. The molecule has 0 aliphatic carbocycles. The van der Waals surface area contributed by atoms with Gasteiger partial charge in [-0.3, -0.25) is 14.5 Å². The van der Waals surface area contributed by atoms with Crippen LogP contribution in [-0.4, -0.2) is 24.4 Å². The van der Waals surface area contributed by atoms with Gasteiger partial charge in [0.2, 0.25) is 11.8 Å². The second-order valence-corrected chi connectivity index (χ2v) is 3.49. The summed E-state index contributed by atoms with van der Waals surface area (Å²) >= 11 is 0. The number of rotatable bonds is 2. The number of carbonyl (C=O) groups excluding carboxylic acids is 2. The number of para-hydroxylation sites is 1. The molecular formula is C11H12N2O2. The number of carbonyl (C=O) groups is 2. The molecule has 0 bridgehead atoms. The maximum absolute atomic E-state index is 11.5. The molecule has 0 radical (unpaired) electrons. The number of benzene rings is 1. The molecule has 1 atom stereocenters. The summed E-state index contributed by atoms with van der Waals surface area (Å²) in [5, 5.41) is 2.63. The number of hydrogen-bond donors (Lipinski definition) is 1. The molecule has 1 fully saturated rings. The molecule has 2 rings (SSSR count). The van der Waals surface area contributed by atoms with E-state index < -0.39 is 0 Å². The molecule has 1 heterocycles. The van der Waals surface area contributed by atoms with Crippen molar-refractivity contribution in [1.29, 1.82) is 0 Å². The lowest BCUT2D eigenvalue weighted by molar-refractivity contribution is -0.130. The van der Waals surface area contributed by atoms with Crippen molar-refractivity contribution in [2.24, 2.45) is 0 Å². The van der Waals surface area contributed by atoms with E-state index >= 15 is 0 Å². The van der Waals surface area contributed by atoms with Crippen molar-refractivity contribution in [3.63, 3.8) is 0 Å². The zero-order chi connectivity index (χ0) is 10.8. The third-order valence-corrected chi connectivity index (χ3v) is 2.46. The summed E-state index contributed by atoms with van der Waals surface area (Å²) in [6, 6.07) is 8.89. The quantitative estimate of drug-likeness (QED) is 0.715. The minimum atomic E-state index is -0.343. The predicted molar refractivity (Wildman–Crippen MR) is 56.4 cm³/mol. The Kier molecular flexibility index (Phi) is 2.41. The maximum Gasteiger partial charge on any atom is 0.245 e. The lowest BCUT2D eigenvalue weighted by atomic mass is 10.1. The molecule has 4 nitrogen and oxygen atoms in total. The SMILES string of the molecule is CC(=O)N(c1ccccc1)C1CNC1=O. The van der Waals surface area contributed by atoms with Crippen molar-refractivity contribution >= 4 is 17.5 Å². The van der Waals surface area contributed by atoms with E-state index in [9.17, 15) is 9.59 Å². The van der Waals surface area contributed by atoms with Crippen molar-refractivity contribution in [2.45, 2.75) is 13.0 Å². The Morgan fingerprint density at radius 2 is 2.07 bits per heavy atom. The van der Waals surface area contributed by atoms with Gasteiger partial charge in [0, 0.05) is 19.2 Å². The van der Waals surface area contributed by atoms with E-state index in [0.29, 0.717) is 6.54 Å². The van der Waals surface area contributed by atoms with Crippen LogP contribution in [0.4, 0.5) is 5.69 Å². The Labute approximate surface area is 87.9 Å². The molecule has 78 valence electrons. The van der Waals surface area contributed by atoms with Crippen molar-refractivity contribution in [3.05, 3.63) is 30.3 Å². The van der Waals surface area contributed by atoms with Crippen LogP contribution in [0.25, 0.3) is 0 Å². The summed E-state index contributed by atoms with van der Waals surface area (Å²) in [6.07, 6.45) is 0. The number of β-lactam (4-membered cyclic amide) rings is 1. The molecule has 1 N–H and O–H groups in total. The Morgan fingerprint density at radius 1 is 1.40 bits per heavy atom. The zero-order valence-electron chi connectivity index (χ0n) is 8.43. The lowest BCUT2D eigenvalue weighted by Gasteiger charge is -2.36. The first-order chi connectivity index (χ1) is 7.20. The standard InChI is InChI=1S/C11H12N2O2/c1-8(14)13(10-7-12-11(10)15)9-5-3-2-4-6-9/h2-6,10H,7H2,1H3,(H,12,15). The van der Waals surface area contributed by atoms with Crippen LogP contribution >= 0.6 is 0 Å². The minimum absolute atomic E-state index is 0.0888. The van der Waals surface area contributed by atoms with Crippen LogP contribution in [-0.2, 0) is 9.59 Å². The highest BCUT2D eigenvalue weighted by molar-refractivity contribution is 6.02. The highest BCUT2D eigenvalue weighted by atomic mass is 16.2. The first kappa shape index (κ1) is 9.71. The first-order valence-corrected chi connectivity index (χ1v) is 4.82. The van der Waals surface area contributed by atoms with Gasteiger partial charge in [-0.15, -0.1) is 0 Å². The van der Waals surface area contributed by atoms with Gasteiger partial charge in [-0.2, -0.15) is 0 Å². The van der Waals surface area contributed by atoms with Gasteiger partial charge in [-0.25, -0.2) is 0 Å². The molecule has 0 saturated carbocycles. The van der Waals surface area contributed by atoms with E-state index in [1.54, 1.807) is 0 Å². The molecule has 0 spiro atoms. The van der Waals surface area contributed by atoms with Gasteiger partial charge in [0.1, 0.15) is 6.04 Å². The van der Waals surface area contributed by atoms with Crippen LogP contribution in [0.5, 0.6) is 0 Å². The average Bonchev–Trinajstić information content (AvgIpc) is 2.24. The minimum Gasteiger partial charge on any atom is -0.352 e. The van der Waals surface area contributed by atoms with E-state index in [1.165, 1.54) is 11.8 Å². The van der Waals surface area contributed by atoms with Crippen molar-refractivity contribution < 1.29 is 9.59 Å². The Hall–Kier alpha value is -1.84. The molecule has 2 amide bonds. The van der Waals surface area contributed by atoms with Gasteiger partial charge in [-0.05, 0) is 12.1 Å². The predicted octanol–water partition coefficient (Wildman–Crippen LogP) is 0.538.